The van der Waals surface area contributed by atoms with E-state index >= 15 is 0 Å². The molecule has 0 aliphatic heterocycles. The Kier molecular flexibility index (Phi) is 8.01. The number of rotatable bonds is 11. The standard InChI is InChI=1S/C18H22N4O4/c23-9-19-4-1-2-13-15-6-16(17(13)7-21-11-25)18(8-22-12-26)14(15)3-5-20-10-24/h13-18H,1-8H2. The van der Waals surface area contributed by atoms with Crippen LogP contribution in [-0.2, 0) is 19.2 Å². The normalized spacial score (nSPS) is 31.2. The number of hydrogen-bond donors (Lipinski definition) is 0. The Balaban J connectivity index is 2.17. The Labute approximate surface area is 151 Å². The first-order valence-electron chi connectivity index (χ1n) is 8.93. The van der Waals surface area contributed by atoms with Crippen LogP contribution in [0.15, 0.2) is 20.0 Å². The highest BCUT2D eigenvalue weighted by molar-refractivity contribution is 5.34. The molecule has 0 aromatic heterocycles. The maximum absolute atomic E-state index is 10.6. The second kappa shape index (κ2) is 10.5. The molecule has 0 spiro atoms. The SMILES string of the molecule is O=C=NCCCC1C(CN=C=O)C2CC1C(CCN=C=O)C2CN=C=O. The summed E-state index contributed by atoms with van der Waals surface area (Å²) in [6.07, 6.45) is 9.78. The molecule has 0 N–H and O–H groups in total. The Morgan fingerprint density at radius 3 is 1.69 bits per heavy atom. The highest BCUT2D eigenvalue weighted by atomic mass is 16.1. The Bertz CT molecular complexity index is 669. The summed E-state index contributed by atoms with van der Waals surface area (Å²) in [5, 5.41) is 0. The van der Waals surface area contributed by atoms with Gasteiger partial charge in [-0.25, -0.2) is 39.1 Å². The fourth-order valence-corrected chi connectivity index (χ4v) is 5.31. The van der Waals surface area contributed by atoms with E-state index in [4.69, 9.17) is 0 Å². The second-order valence-electron chi connectivity index (χ2n) is 6.96. The molecule has 2 saturated carbocycles. The molecule has 6 unspecified atom stereocenters. The zero-order chi connectivity index (χ0) is 18.8. The van der Waals surface area contributed by atoms with Crippen LogP contribution in [0.2, 0.25) is 0 Å². The van der Waals surface area contributed by atoms with Crippen molar-refractivity contribution in [2.24, 2.45) is 55.5 Å². The molecule has 26 heavy (non-hydrogen) atoms. The number of carbonyl (C=O) groups excluding carboxylic acids is 4. The van der Waals surface area contributed by atoms with Gasteiger partial charge in [-0.2, -0.15) is 0 Å². The molecule has 0 saturated heterocycles. The van der Waals surface area contributed by atoms with Crippen LogP contribution in [0, 0.1) is 35.5 Å². The van der Waals surface area contributed by atoms with Gasteiger partial charge in [0, 0.05) is 0 Å². The maximum atomic E-state index is 10.6. The first-order valence-corrected chi connectivity index (χ1v) is 8.93. The van der Waals surface area contributed by atoms with Gasteiger partial charge in [-0.05, 0) is 61.2 Å². The molecule has 2 aliphatic carbocycles. The Hall–Kier alpha value is -2.48. The van der Waals surface area contributed by atoms with Crippen molar-refractivity contribution in [2.75, 3.05) is 26.2 Å². The molecule has 6 atom stereocenters. The van der Waals surface area contributed by atoms with Crippen molar-refractivity contribution in [2.45, 2.75) is 25.7 Å². The molecule has 2 aliphatic rings. The van der Waals surface area contributed by atoms with E-state index in [0.29, 0.717) is 49.9 Å². The van der Waals surface area contributed by atoms with E-state index in [9.17, 15) is 19.2 Å². The Morgan fingerprint density at radius 1 is 0.615 bits per heavy atom. The minimum Gasteiger partial charge on any atom is -0.211 e. The predicted molar refractivity (Wildman–Crippen MR) is 91.4 cm³/mol. The van der Waals surface area contributed by atoms with Gasteiger partial charge >= 0.3 is 0 Å². The molecule has 8 nitrogen and oxygen atoms in total. The molecule has 138 valence electrons. The van der Waals surface area contributed by atoms with Gasteiger partial charge in [0.1, 0.15) is 0 Å². The van der Waals surface area contributed by atoms with E-state index < -0.39 is 0 Å². The van der Waals surface area contributed by atoms with Crippen molar-refractivity contribution < 1.29 is 19.2 Å². The lowest BCUT2D eigenvalue weighted by molar-refractivity contribution is 0.0936. The van der Waals surface area contributed by atoms with Gasteiger partial charge in [0.25, 0.3) is 0 Å². The molecular formula is C18H22N4O4. The molecule has 2 fully saturated rings. The minimum atomic E-state index is 0.208. The fraction of sp³-hybridized carbons (Fsp3) is 0.778. The molecule has 8 heteroatoms. The quantitative estimate of drug-likeness (QED) is 0.317. The summed E-state index contributed by atoms with van der Waals surface area (Å²) in [4.78, 5) is 56.7. The maximum Gasteiger partial charge on any atom is 0.234 e. The molecule has 0 heterocycles. The first kappa shape index (κ1) is 19.8. The van der Waals surface area contributed by atoms with Gasteiger partial charge in [0.15, 0.2) is 0 Å². The van der Waals surface area contributed by atoms with Crippen LogP contribution in [0.3, 0.4) is 0 Å². The van der Waals surface area contributed by atoms with Crippen molar-refractivity contribution >= 4 is 24.3 Å². The molecule has 2 bridgehead atoms. The monoisotopic (exact) mass is 358 g/mol. The van der Waals surface area contributed by atoms with Crippen LogP contribution in [0.1, 0.15) is 25.7 Å². The van der Waals surface area contributed by atoms with Crippen molar-refractivity contribution in [1.29, 1.82) is 0 Å². The first-order chi connectivity index (χ1) is 12.8. The highest BCUT2D eigenvalue weighted by Crippen LogP contribution is 2.60. The molecule has 0 aromatic carbocycles. The number of nitrogens with zero attached hydrogens (tertiary/aromatic N) is 4. The highest BCUT2D eigenvalue weighted by Gasteiger charge is 2.56. The van der Waals surface area contributed by atoms with E-state index in [-0.39, 0.29) is 11.8 Å². The van der Waals surface area contributed by atoms with Crippen LogP contribution in [-0.4, -0.2) is 50.5 Å². The van der Waals surface area contributed by atoms with Crippen molar-refractivity contribution in [3.8, 4) is 0 Å². The van der Waals surface area contributed by atoms with Gasteiger partial charge in [0.05, 0.1) is 26.2 Å². The van der Waals surface area contributed by atoms with Crippen LogP contribution < -0.4 is 0 Å². The van der Waals surface area contributed by atoms with Crippen molar-refractivity contribution in [3.63, 3.8) is 0 Å². The lowest BCUT2D eigenvalue weighted by Gasteiger charge is -2.40. The van der Waals surface area contributed by atoms with Crippen molar-refractivity contribution in [3.05, 3.63) is 0 Å². The topological polar surface area (TPSA) is 118 Å². The van der Waals surface area contributed by atoms with Gasteiger partial charge in [-0.1, -0.05) is 0 Å². The lowest BCUT2D eigenvalue weighted by Crippen LogP contribution is -2.38. The van der Waals surface area contributed by atoms with Crippen LogP contribution in [0.4, 0.5) is 0 Å². The van der Waals surface area contributed by atoms with Gasteiger partial charge < -0.3 is 0 Å². The summed E-state index contributed by atoms with van der Waals surface area (Å²) in [6, 6.07) is 0. The lowest BCUT2D eigenvalue weighted by atomic mass is 9.66. The number of aliphatic imine (C=N–C) groups is 4. The molecule has 0 aromatic rings. The average molecular weight is 358 g/mol. The summed E-state index contributed by atoms with van der Waals surface area (Å²) in [7, 11) is 0. The number of fused-ring (bicyclic) bond motifs is 2. The third-order valence-electron chi connectivity index (χ3n) is 6.09. The number of hydrogen-bond acceptors (Lipinski definition) is 8. The Morgan fingerprint density at radius 2 is 1.12 bits per heavy atom. The van der Waals surface area contributed by atoms with E-state index in [2.05, 4.69) is 20.0 Å². The zero-order valence-electron chi connectivity index (χ0n) is 14.5. The van der Waals surface area contributed by atoms with Crippen LogP contribution in [0.25, 0.3) is 0 Å². The summed E-state index contributed by atoms with van der Waals surface area (Å²) in [6.45, 7) is 1.69. The molecule has 0 amide bonds. The third kappa shape index (κ3) is 4.57. The zero-order valence-corrected chi connectivity index (χ0v) is 14.5. The second-order valence-corrected chi connectivity index (χ2v) is 6.96. The van der Waals surface area contributed by atoms with Crippen LogP contribution in [0.5, 0.6) is 0 Å². The predicted octanol–water partition coefficient (Wildman–Crippen LogP) is 1.61. The smallest absolute Gasteiger partial charge is 0.211 e. The summed E-state index contributed by atoms with van der Waals surface area (Å²) >= 11 is 0. The molecule has 0 radical (unpaired) electrons. The summed E-state index contributed by atoms with van der Waals surface area (Å²) in [5.74, 6) is 1.84. The largest absolute Gasteiger partial charge is 0.234 e. The van der Waals surface area contributed by atoms with Gasteiger partial charge in [-0.3, -0.25) is 0 Å². The summed E-state index contributed by atoms with van der Waals surface area (Å²) < 4.78 is 0. The third-order valence-corrected chi connectivity index (χ3v) is 6.09. The molecule has 2 rings (SSSR count). The van der Waals surface area contributed by atoms with E-state index in [1.165, 1.54) is 0 Å². The number of isocyanates is 4. The summed E-state index contributed by atoms with van der Waals surface area (Å²) in [5.41, 5.74) is 0. The van der Waals surface area contributed by atoms with Crippen LogP contribution >= 0.6 is 0 Å². The van der Waals surface area contributed by atoms with Gasteiger partial charge in [-0.15, -0.1) is 0 Å². The van der Waals surface area contributed by atoms with E-state index in [1.54, 1.807) is 24.3 Å². The average Bonchev–Trinajstić information content (AvgIpc) is 3.17. The molecular weight excluding hydrogens is 336 g/mol. The minimum absolute atomic E-state index is 0.208. The van der Waals surface area contributed by atoms with E-state index in [1.807, 2.05) is 0 Å². The van der Waals surface area contributed by atoms with E-state index in [0.717, 1.165) is 25.7 Å². The fourth-order valence-electron chi connectivity index (χ4n) is 5.31. The van der Waals surface area contributed by atoms with Crippen molar-refractivity contribution in [1.82, 2.24) is 0 Å². The van der Waals surface area contributed by atoms with Gasteiger partial charge in [0.2, 0.25) is 24.3 Å².